The van der Waals surface area contributed by atoms with Crippen molar-refractivity contribution in [2.45, 2.75) is 0 Å². The maximum Gasteiger partial charge on any atom is 0.340 e. The van der Waals surface area contributed by atoms with Crippen LogP contribution in [0.25, 0.3) is 0 Å². The van der Waals surface area contributed by atoms with Crippen LogP contribution in [0.5, 0.6) is 0 Å². The Labute approximate surface area is 128 Å². The lowest BCUT2D eigenvalue weighted by atomic mass is 10.2. The number of hydrogen-bond donors (Lipinski definition) is 3. The fourth-order valence-electron chi connectivity index (χ4n) is 1.22. The summed E-state index contributed by atoms with van der Waals surface area (Å²) in [6, 6.07) is 4.56. The van der Waals surface area contributed by atoms with E-state index in [0.29, 0.717) is 9.50 Å². The van der Waals surface area contributed by atoms with E-state index in [2.05, 4.69) is 31.2 Å². The van der Waals surface area contributed by atoms with Crippen LogP contribution in [0.3, 0.4) is 0 Å². The van der Waals surface area contributed by atoms with Crippen molar-refractivity contribution in [3.63, 3.8) is 0 Å². The van der Waals surface area contributed by atoms with Crippen molar-refractivity contribution in [2.75, 3.05) is 12.5 Å². The Morgan fingerprint density at radius 3 is 2.80 bits per heavy atom. The molecule has 20 heavy (non-hydrogen) atoms. The third-order valence-electron chi connectivity index (χ3n) is 2.10. The third-order valence-corrected chi connectivity index (χ3v) is 2.94. The molecule has 0 aromatic heterocycles. The zero-order chi connectivity index (χ0) is 15.3. The fourth-order valence-corrected chi connectivity index (χ4v) is 2.11. The Hall–Kier alpha value is -2.11. The van der Waals surface area contributed by atoms with Crippen molar-refractivity contribution >= 4 is 50.7 Å². The maximum absolute atomic E-state index is 11.7. The summed E-state index contributed by atoms with van der Waals surface area (Å²) in [5.41, 5.74) is 7.71. The molecule has 7 nitrogen and oxygen atoms in total. The van der Waals surface area contributed by atoms with Crippen LogP contribution in [0.4, 0.5) is 5.69 Å². The number of ether oxygens (including phenoxy) is 1. The second-order valence-electron chi connectivity index (χ2n) is 3.40. The predicted molar refractivity (Wildman–Crippen MR) is 79.1 cm³/mol. The number of methoxy groups -OCH3 is 1. The minimum absolute atomic E-state index is 0.122. The predicted octanol–water partition coefficient (Wildman–Crippen LogP) is 2.12. The minimum atomic E-state index is -0.632. The first-order chi connectivity index (χ1) is 9.40. The Bertz CT molecular complexity index is 638. The van der Waals surface area contributed by atoms with Gasteiger partial charge in [0.25, 0.3) is 0 Å². The van der Waals surface area contributed by atoms with Crippen molar-refractivity contribution in [1.82, 2.24) is 0 Å². The highest BCUT2D eigenvalue weighted by Crippen LogP contribution is 2.31. The molecule has 0 saturated carbocycles. The first-order valence-corrected chi connectivity index (χ1v) is 6.23. The van der Waals surface area contributed by atoms with Gasteiger partial charge in [0, 0.05) is 9.50 Å². The van der Waals surface area contributed by atoms with Crippen LogP contribution in [-0.2, 0) is 4.74 Å². The van der Waals surface area contributed by atoms with E-state index in [1.165, 1.54) is 19.2 Å². The second-order valence-corrected chi connectivity index (χ2v) is 4.69. The molecule has 0 aliphatic carbocycles. The van der Waals surface area contributed by atoms with E-state index >= 15 is 0 Å². The number of carbonyl (C=O) groups is 1. The van der Waals surface area contributed by atoms with E-state index in [1.807, 2.05) is 0 Å². The van der Waals surface area contributed by atoms with Gasteiger partial charge in [-0.1, -0.05) is 11.6 Å². The molecule has 0 spiro atoms. The fraction of sp³-hybridized carbons (Fsp3) is 0.0909. The van der Waals surface area contributed by atoms with Crippen molar-refractivity contribution < 1.29 is 9.53 Å². The summed E-state index contributed by atoms with van der Waals surface area (Å²) < 4.78 is 5.07. The normalized spacial score (nSPS) is 10.6. The van der Waals surface area contributed by atoms with Gasteiger partial charge in [-0.25, -0.2) is 4.79 Å². The van der Waals surface area contributed by atoms with Crippen molar-refractivity contribution in [2.24, 2.45) is 10.8 Å². The molecule has 0 saturated heterocycles. The van der Waals surface area contributed by atoms with Crippen molar-refractivity contribution in [3.8, 4) is 6.07 Å². The summed E-state index contributed by atoms with van der Waals surface area (Å²) in [5.74, 6) is -1.13. The maximum atomic E-state index is 11.7. The van der Waals surface area contributed by atoms with Gasteiger partial charge in [0.05, 0.1) is 18.4 Å². The highest BCUT2D eigenvalue weighted by molar-refractivity contribution is 9.10. The number of hydrogen-bond acceptors (Lipinski definition) is 6. The molecule has 104 valence electrons. The molecular weight excluding hydrogens is 350 g/mol. The smallest absolute Gasteiger partial charge is 0.340 e. The number of rotatable bonds is 4. The van der Waals surface area contributed by atoms with Crippen LogP contribution in [0.15, 0.2) is 21.7 Å². The first kappa shape index (κ1) is 15.9. The van der Waals surface area contributed by atoms with Gasteiger partial charge in [-0.15, -0.1) is 0 Å². The molecule has 1 aromatic carbocycles. The quantitative estimate of drug-likeness (QED) is 0.329. The topological polar surface area (TPSA) is 124 Å². The van der Waals surface area contributed by atoms with E-state index in [0.717, 1.165) is 0 Å². The second kappa shape index (κ2) is 6.88. The lowest BCUT2D eigenvalue weighted by molar-refractivity contribution is 0.0601. The zero-order valence-electron chi connectivity index (χ0n) is 10.2. The number of nitrogens with zero attached hydrogens (tertiary/aromatic N) is 2. The first-order valence-electron chi connectivity index (χ1n) is 5.06. The number of anilines is 1. The van der Waals surface area contributed by atoms with Crippen LogP contribution < -0.4 is 11.2 Å². The number of benzene rings is 1. The van der Waals surface area contributed by atoms with E-state index in [4.69, 9.17) is 28.0 Å². The molecule has 0 atom stereocenters. The molecule has 9 heteroatoms. The highest BCUT2D eigenvalue weighted by atomic mass is 79.9. The van der Waals surface area contributed by atoms with Crippen LogP contribution in [0.1, 0.15) is 10.4 Å². The molecule has 0 aliphatic rings. The number of nitrogens with one attached hydrogen (secondary N) is 2. The van der Waals surface area contributed by atoms with Crippen LogP contribution >= 0.6 is 27.5 Å². The largest absolute Gasteiger partial charge is 0.465 e. The summed E-state index contributed by atoms with van der Waals surface area (Å²) in [5, 5.41) is 19.9. The molecule has 0 bridgehead atoms. The van der Waals surface area contributed by atoms with Gasteiger partial charge in [0.2, 0.25) is 5.71 Å². The Morgan fingerprint density at radius 2 is 2.30 bits per heavy atom. The van der Waals surface area contributed by atoms with Gasteiger partial charge in [0.1, 0.15) is 6.07 Å². The lowest BCUT2D eigenvalue weighted by Gasteiger charge is -2.10. The number of esters is 1. The number of carbonyl (C=O) groups excluding carboxylic acids is 1. The Kier molecular flexibility index (Phi) is 5.49. The van der Waals surface area contributed by atoms with Gasteiger partial charge in [-0.05, 0) is 28.1 Å². The van der Waals surface area contributed by atoms with Crippen molar-refractivity contribution in [1.29, 1.82) is 10.7 Å². The summed E-state index contributed by atoms with van der Waals surface area (Å²) in [7, 11) is 1.22. The standard InChI is InChI=1S/C11H9BrClN5O2/c1-20-11(19)6-2-5(13)3-7(12)9(6)18-17-8(4-14)10(15)16/h2-3,18H,1H3,(H3,15,16)/b17-8+. The third kappa shape index (κ3) is 3.69. The molecule has 0 unspecified atom stereocenters. The average Bonchev–Trinajstić information content (AvgIpc) is 2.39. The molecular formula is C11H9BrClN5O2. The number of halogens is 2. The lowest BCUT2D eigenvalue weighted by Crippen LogP contribution is -2.22. The minimum Gasteiger partial charge on any atom is -0.465 e. The van der Waals surface area contributed by atoms with E-state index < -0.39 is 11.8 Å². The molecule has 0 radical (unpaired) electrons. The van der Waals surface area contributed by atoms with Gasteiger partial charge in [0.15, 0.2) is 5.84 Å². The molecule has 1 aromatic rings. The molecule has 1 rings (SSSR count). The average molecular weight is 359 g/mol. The number of nitriles is 1. The van der Waals surface area contributed by atoms with Gasteiger partial charge in [-0.3, -0.25) is 10.8 Å². The van der Waals surface area contributed by atoms with E-state index in [9.17, 15) is 4.79 Å². The molecule has 0 aliphatic heterocycles. The van der Waals surface area contributed by atoms with Crippen LogP contribution in [-0.4, -0.2) is 24.6 Å². The number of hydrazone groups is 1. The van der Waals surface area contributed by atoms with Gasteiger partial charge >= 0.3 is 5.97 Å². The van der Waals surface area contributed by atoms with Gasteiger partial charge in [-0.2, -0.15) is 10.4 Å². The highest BCUT2D eigenvalue weighted by Gasteiger charge is 2.16. The summed E-state index contributed by atoms with van der Waals surface area (Å²) in [6.45, 7) is 0. The molecule has 4 N–H and O–H groups in total. The zero-order valence-corrected chi connectivity index (χ0v) is 12.5. The van der Waals surface area contributed by atoms with Crippen LogP contribution in [0, 0.1) is 16.7 Å². The SMILES string of the molecule is COC(=O)c1cc(Cl)cc(Br)c1N/N=C(\C#N)C(=N)N. The molecule has 0 amide bonds. The van der Waals surface area contributed by atoms with Crippen LogP contribution in [0.2, 0.25) is 5.02 Å². The molecule has 0 heterocycles. The number of nitrogens with two attached hydrogens (primary N) is 1. The monoisotopic (exact) mass is 357 g/mol. The van der Waals surface area contributed by atoms with Crippen molar-refractivity contribution in [3.05, 3.63) is 27.2 Å². The Morgan fingerprint density at radius 1 is 1.65 bits per heavy atom. The summed E-state index contributed by atoms with van der Waals surface area (Å²) in [6.07, 6.45) is 0. The van der Waals surface area contributed by atoms with Gasteiger partial charge < -0.3 is 10.5 Å². The van der Waals surface area contributed by atoms with E-state index in [-0.39, 0.29) is 17.0 Å². The summed E-state index contributed by atoms with van der Waals surface area (Å²) >= 11 is 9.07. The summed E-state index contributed by atoms with van der Waals surface area (Å²) in [4.78, 5) is 11.7. The molecule has 0 fully saturated rings. The number of amidine groups is 1. The van der Waals surface area contributed by atoms with E-state index in [1.54, 1.807) is 6.07 Å². The Balaban J connectivity index is 3.28.